The molecule has 0 saturated heterocycles. The molecule has 5 nitrogen and oxygen atoms in total. The van der Waals surface area contributed by atoms with Gasteiger partial charge in [-0.15, -0.1) is 0 Å². The molecular formula is C14H24N4O. The van der Waals surface area contributed by atoms with Crippen molar-refractivity contribution >= 4 is 5.82 Å². The molecule has 2 atom stereocenters. The van der Waals surface area contributed by atoms with Crippen LogP contribution in [0.3, 0.4) is 0 Å². The van der Waals surface area contributed by atoms with Gasteiger partial charge in [-0.25, -0.2) is 4.98 Å². The quantitative estimate of drug-likeness (QED) is 0.868. The normalized spacial score (nSPS) is 22.7. The summed E-state index contributed by atoms with van der Waals surface area (Å²) in [5, 5.41) is 0. The number of rotatable bonds is 5. The molecule has 19 heavy (non-hydrogen) atoms. The Labute approximate surface area is 114 Å². The molecule has 5 heteroatoms. The van der Waals surface area contributed by atoms with Gasteiger partial charge in [0.1, 0.15) is 0 Å². The van der Waals surface area contributed by atoms with Crippen molar-refractivity contribution in [2.75, 3.05) is 18.0 Å². The molecule has 0 amide bonds. The first-order chi connectivity index (χ1) is 9.22. The van der Waals surface area contributed by atoms with Crippen molar-refractivity contribution in [3.8, 4) is 0 Å². The minimum Gasteiger partial charge on any atom is -0.349 e. The molecule has 1 fully saturated rings. The van der Waals surface area contributed by atoms with Crippen LogP contribution in [0.2, 0.25) is 0 Å². The van der Waals surface area contributed by atoms with Gasteiger partial charge in [0.05, 0.1) is 0 Å². The molecule has 1 aromatic heterocycles. The third-order valence-corrected chi connectivity index (χ3v) is 4.17. The molecule has 2 N–H and O–H groups in total. The number of nitrogens with two attached hydrogens (primary N) is 1. The van der Waals surface area contributed by atoms with Gasteiger partial charge in [0.2, 0.25) is 0 Å². The fourth-order valence-corrected chi connectivity index (χ4v) is 3.13. The van der Waals surface area contributed by atoms with Gasteiger partial charge in [0.25, 0.3) is 5.56 Å². The van der Waals surface area contributed by atoms with Crippen molar-refractivity contribution in [2.24, 2.45) is 11.7 Å². The average Bonchev–Trinajstić information content (AvgIpc) is 2.90. The molecule has 0 aliphatic heterocycles. The number of hydrogen-bond donors (Lipinski definition) is 1. The minimum absolute atomic E-state index is 0.00882. The summed E-state index contributed by atoms with van der Waals surface area (Å²) in [4.78, 5) is 18.9. The summed E-state index contributed by atoms with van der Waals surface area (Å²) in [5.41, 5.74) is 5.87. The lowest BCUT2D eigenvalue weighted by atomic mass is 10.0. The molecule has 0 bridgehead atoms. The van der Waals surface area contributed by atoms with Crippen molar-refractivity contribution in [1.29, 1.82) is 0 Å². The Morgan fingerprint density at radius 1 is 1.47 bits per heavy atom. The number of nitrogens with zero attached hydrogens (tertiary/aromatic N) is 3. The molecule has 1 saturated carbocycles. The van der Waals surface area contributed by atoms with Crippen LogP contribution < -0.4 is 16.2 Å². The molecule has 0 spiro atoms. The summed E-state index contributed by atoms with van der Waals surface area (Å²) in [6, 6.07) is 0.364. The predicted octanol–water partition coefficient (Wildman–Crippen LogP) is 1.22. The first-order valence-electron chi connectivity index (χ1n) is 7.25. The van der Waals surface area contributed by atoms with Gasteiger partial charge < -0.3 is 15.2 Å². The van der Waals surface area contributed by atoms with E-state index in [0.29, 0.717) is 30.9 Å². The molecule has 1 heterocycles. The van der Waals surface area contributed by atoms with E-state index in [-0.39, 0.29) is 5.56 Å². The number of anilines is 1. The largest absolute Gasteiger partial charge is 0.349 e. The Morgan fingerprint density at radius 2 is 2.26 bits per heavy atom. The Balaban J connectivity index is 2.34. The molecule has 0 radical (unpaired) electrons. The molecule has 2 unspecified atom stereocenters. The Morgan fingerprint density at radius 3 is 2.89 bits per heavy atom. The van der Waals surface area contributed by atoms with Crippen molar-refractivity contribution < 1.29 is 0 Å². The fourth-order valence-electron chi connectivity index (χ4n) is 3.13. The van der Waals surface area contributed by atoms with Gasteiger partial charge in [0.15, 0.2) is 5.82 Å². The third kappa shape index (κ3) is 2.66. The number of aryl methyl sites for hydroxylation is 1. The van der Waals surface area contributed by atoms with E-state index >= 15 is 0 Å². The van der Waals surface area contributed by atoms with Crippen molar-refractivity contribution in [3.63, 3.8) is 0 Å². The zero-order valence-corrected chi connectivity index (χ0v) is 11.9. The maximum absolute atomic E-state index is 12.4. The van der Waals surface area contributed by atoms with Crippen LogP contribution in [0.25, 0.3) is 0 Å². The lowest BCUT2D eigenvalue weighted by molar-refractivity contribution is 0.457. The second-order valence-corrected chi connectivity index (χ2v) is 5.12. The predicted molar refractivity (Wildman–Crippen MR) is 77.4 cm³/mol. The zero-order valence-electron chi connectivity index (χ0n) is 11.9. The van der Waals surface area contributed by atoms with E-state index < -0.39 is 0 Å². The summed E-state index contributed by atoms with van der Waals surface area (Å²) in [5.74, 6) is 1.06. The Kier molecular flexibility index (Phi) is 4.58. The van der Waals surface area contributed by atoms with Crippen molar-refractivity contribution in [3.05, 3.63) is 22.7 Å². The SMILES string of the molecule is CCN(c1nccn(CC)c1=O)C1CCCC1CN. The second kappa shape index (κ2) is 6.19. The van der Waals surface area contributed by atoms with Crippen LogP contribution in [0.5, 0.6) is 0 Å². The lowest BCUT2D eigenvalue weighted by Gasteiger charge is -2.32. The summed E-state index contributed by atoms with van der Waals surface area (Å²) in [6.07, 6.45) is 6.92. The fraction of sp³-hybridized carbons (Fsp3) is 0.714. The van der Waals surface area contributed by atoms with Gasteiger partial charge in [-0.3, -0.25) is 4.79 Å². The van der Waals surface area contributed by atoms with E-state index in [1.54, 1.807) is 17.0 Å². The standard InChI is InChI=1S/C14H24N4O/c1-3-17-9-8-16-13(14(17)19)18(4-2)12-7-5-6-11(12)10-15/h8-9,11-12H,3-7,10,15H2,1-2H3. The summed E-state index contributed by atoms with van der Waals surface area (Å²) in [7, 11) is 0. The Hall–Kier alpha value is -1.36. The van der Waals surface area contributed by atoms with Crippen LogP contribution >= 0.6 is 0 Å². The highest BCUT2D eigenvalue weighted by Crippen LogP contribution is 2.30. The third-order valence-electron chi connectivity index (χ3n) is 4.17. The molecule has 1 aliphatic rings. The van der Waals surface area contributed by atoms with E-state index in [2.05, 4.69) is 16.8 Å². The summed E-state index contributed by atoms with van der Waals surface area (Å²) < 4.78 is 1.71. The van der Waals surface area contributed by atoms with Crippen molar-refractivity contribution in [1.82, 2.24) is 9.55 Å². The van der Waals surface area contributed by atoms with Crippen LogP contribution in [0, 0.1) is 5.92 Å². The highest BCUT2D eigenvalue weighted by Gasteiger charge is 2.32. The van der Waals surface area contributed by atoms with Crippen LogP contribution in [0.1, 0.15) is 33.1 Å². The summed E-state index contributed by atoms with van der Waals surface area (Å²) in [6.45, 7) is 6.22. The van der Waals surface area contributed by atoms with Gasteiger partial charge in [0, 0.05) is 31.5 Å². The highest BCUT2D eigenvalue weighted by atomic mass is 16.1. The molecule has 2 rings (SSSR count). The van der Waals surface area contributed by atoms with Gasteiger partial charge in [-0.05, 0) is 39.2 Å². The van der Waals surface area contributed by atoms with E-state index in [9.17, 15) is 4.79 Å². The Bertz CT molecular complexity index is 471. The maximum Gasteiger partial charge on any atom is 0.293 e. The molecule has 0 aromatic carbocycles. The topological polar surface area (TPSA) is 64.2 Å². The zero-order chi connectivity index (χ0) is 13.8. The van der Waals surface area contributed by atoms with Crippen LogP contribution in [0.15, 0.2) is 17.2 Å². The molecule has 1 aliphatic carbocycles. The second-order valence-electron chi connectivity index (χ2n) is 5.12. The first-order valence-corrected chi connectivity index (χ1v) is 7.25. The number of hydrogen-bond acceptors (Lipinski definition) is 4. The van der Waals surface area contributed by atoms with Crippen LogP contribution in [0.4, 0.5) is 5.82 Å². The monoisotopic (exact) mass is 264 g/mol. The molecule has 106 valence electrons. The van der Waals surface area contributed by atoms with Crippen LogP contribution in [-0.2, 0) is 6.54 Å². The van der Waals surface area contributed by atoms with E-state index in [1.807, 2.05) is 6.92 Å². The smallest absolute Gasteiger partial charge is 0.293 e. The highest BCUT2D eigenvalue weighted by molar-refractivity contribution is 5.37. The van der Waals surface area contributed by atoms with Crippen LogP contribution in [-0.4, -0.2) is 28.7 Å². The molecule has 1 aromatic rings. The van der Waals surface area contributed by atoms with Gasteiger partial charge in [-0.2, -0.15) is 0 Å². The van der Waals surface area contributed by atoms with E-state index in [0.717, 1.165) is 19.4 Å². The molecular weight excluding hydrogens is 240 g/mol. The number of aromatic nitrogens is 2. The lowest BCUT2D eigenvalue weighted by Crippen LogP contribution is -2.44. The average molecular weight is 264 g/mol. The van der Waals surface area contributed by atoms with E-state index in [4.69, 9.17) is 5.73 Å². The summed E-state index contributed by atoms with van der Waals surface area (Å²) >= 11 is 0. The van der Waals surface area contributed by atoms with Gasteiger partial charge >= 0.3 is 0 Å². The van der Waals surface area contributed by atoms with Crippen molar-refractivity contribution in [2.45, 2.75) is 45.7 Å². The maximum atomic E-state index is 12.4. The van der Waals surface area contributed by atoms with E-state index in [1.165, 1.54) is 6.42 Å². The first kappa shape index (κ1) is 14.1. The van der Waals surface area contributed by atoms with Gasteiger partial charge in [-0.1, -0.05) is 6.42 Å². The minimum atomic E-state index is 0.00882.